The lowest BCUT2D eigenvalue weighted by molar-refractivity contribution is -0.132. The van der Waals surface area contributed by atoms with Crippen molar-refractivity contribution in [2.75, 3.05) is 26.2 Å². The summed E-state index contributed by atoms with van der Waals surface area (Å²) < 4.78 is 19.0. The van der Waals surface area contributed by atoms with Gasteiger partial charge in [0.1, 0.15) is 11.3 Å². The average Bonchev–Trinajstić information content (AvgIpc) is 3.79. The zero-order valence-corrected chi connectivity index (χ0v) is 28.0. The quantitative estimate of drug-likeness (QED) is 0.0588. The highest BCUT2D eigenvalue weighted by Crippen LogP contribution is 2.48. The summed E-state index contributed by atoms with van der Waals surface area (Å²) in [7, 11) is 4.44. The van der Waals surface area contributed by atoms with Gasteiger partial charge >= 0.3 is 5.91 Å². The maximum Gasteiger partial charge on any atom is 0.301 e. The topological polar surface area (TPSA) is 128 Å². The maximum atomic E-state index is 14.0. The molecule has 0 radical (unpaired) electrons. The zero-order chi connectivity index (χ0) is 33.5. The number of hydrogen-bond acceptors (Lipinski definition) is 11. The highest BCUT2D eigenvalue weighted by molar-refractivity contribution is 8.00. The number of thioether (sulfide) groups is 1. The molecule has 1 amide bonds. The van der Waals surface area contributed by atoms with E-state index in [2.05, 4.69) is 39.4 Å². The second-order valence-corrected chi connectivity index (χ2v) is 13.1. The number of nitrogens with zero attached hydrogens (tertiary/aromatic N) is 5. The number of anilines is 1. The Morgan fingerprint density at radius 1 is 0.938 bits per heavy atom. The Balaban J connectivity index is 1.35. The summed E-state index contributed by atoms with van der Waals surface area (Å²) in [4.78, 5) is 33.7. The molecule has 1 aliphatic rings. The minimum atomic E-state index is -1.11. The molecule has 1 aliphatic heterocycles. The van der Waals surface area contributed by atoms with Crippen LogP contribution >= 0.6 is 23.1 Å². The van der Waals surface area contributed by atoms with Crippen molar-refractivity contribution < 1.29 is 28.9 Å². The van der Waals surface area contributed by atoms with Gasteiger partial charge in [-0.2, -0.15) is 0 Å². The Hall–Kier alpha value is -5.40. The minimum absolute atomic E-state index is 0.136. The molecular weight excluding hydrogens is 651 g/mol. The number of imidazole rings is 1. The number of methoxy groups -OCH3 is 3. The first-order chi connectivity index (χ1) is 23.3. The number of ether oxygens (including phenoxy) is 3. The molecule has 3 aromatic carbocycles. The Labute approximate surface area is 283 Å². The van der Waals surface area contributed by atoms with Crippen molar-refractivity contribution in [3.63, 3.8) is 0 Å². The third-order valence-corrected chi connectivity index (χ3v) is 10.3. The fourth-order valence-corrected chi connectivity index (χ4v) is 7.92. The summed E-state index contributed by atoms with van der Waals surface area (Å²) in [6.45, 7) is 1.73. The molecule has 48 heavy (non-hydrogen) atoms. The summed E-state index contributed by atoms with van der Waals surface area (Å²) in [5.74, 6) is -0.528. The van der Waals surface area contributed by atoms with Crippen LogP contribution in [0.2, 0.25) is 0 Å². The van der Waals surface area contributed by atoms with Crippen LogP contribution in [0.1, 0.15) is 28.6 Å². The van der Waals surface area contributed by atoms with E-state index >= 15 is 0 Å². The second kappa shape index (κ2) is 12.7. The number of ketones is 1. The Morgan fingerprint density at radius 2 is 1.67 bits per heavy atom. The molecule has 3 aromatic heterocycles. The number of rotatable bonds is 9. The smallest absolute Gasteiger partial charge is 0.301 e. The van der Waals surface area contributed by atoms with Crippen LogP contribution in [-0.2, 0) is 15.3 Å². The summed E-state index contributed by atoms with van der Waals surface area (Å²) in [5, 5.41) is 23.2. The van der Waals surface area contributed by atoms with Crippen molar-refractivity contribution in [1.82, 2.24) is 19.6 Å². The van der Waals surface area contributed by atoms with Crippen molar-refractivity contribution in [2.24, 2.45) is 0 Å². The Bertz CT molecular complexity index is 2230. The fourth-order valence-electron chi connectivity index (χ4n) is 6.05. The van der Waals surface area contributed by atoms with Gasteiger partial charge in [0.05, 0.1) is 38.6 Å². The van der Waals surface area contributed by atoms with Gasteiger partial charge in [-0.1, -0.05) is 71.6 Å². The first-order valence-corrected chi connectivity index (χ1v) is 16.6. The number of aliphatic hydroxyl groups is 1. The Morgan fingerprint density at radius 3 is 2.42 bits per heavy atom. The standard InChI is InChI=1S/C35H29N5O6S2/c1-19-28(39-15-8-7-14-26(39)36-19)30(41)27-29(22-16-24(44-2)32(46-4)25(17-22)45-3)40(33(43)31(27)42)34-37-38-35(48-34)47-18-21-12-9-11-20-10-5-6-13-23(20)21/h5-17,29,41H,18H2,1-4H3/b30-27+. The average molecular weight is 680 g/mol. The minimum Gasteiger partial charge on any atom is -0.505 e. The molecule has 13 heteroatoms. The monoisotopic (exact) mass is 679 g/mol. The van der Waals surface area contributed by atoms with Crippen LogP contribution in [0.15, 0.2) is 88.9 Å². The molecule has 1 saturated heterocycles. The highest BCUT2D eigenvalue weighted by Gasteiger charge is 2.49. The van der Waals surface area contributed by atoms with Gasteiger partial charge in [-0.05, 0) is 53.1 Å². The van der Waals surface area contributed by atoms with Crippen LogP contribution in [0.4, 0.5) is 5.13 Å². The molecule has 1 fully saturated rings. The maximum absolute atomic E-state index is 14.0. The number of Topliss-reactive ketones (excluding diaryl/α,β-unsaturated/α-hetero) is 1. The fraction of sp³-hybridized carbons (Fsp3) is 0.171. The van der Waals surface area contributed by atoms with E-state index in [9.17, 15) is 14.7 Å². The van der Waals surface area contributed by atoms with Crippen molar-refractivity contribution in [2.45, 2.75) is 23.1 Å². The van der Waals surface area contributed by atoms with Crippen LogP contribution in [-0.4, -0.2) is 57.7 Å². The zero-order valence-electron chi connectivity index (χ0n) is 26.3. The van der Waals surface area contributed by atoms with Crippen LogP contribution in [0, 0.1) is 6.92 Å². The van der Waals surface area contributed by atoms with Gasteiger partial charge in [0.25, 0.3) is 5.78 Å². The molecular formula is C35H29N5O6S2. The number of aliphatic hydroxyl groups excluding tert-OH is 1. The first kappa shape index (κ1) is 31.2. The molecule has 1 unspecified atom stereocenters. The summed E-state index contributed by atoms with van der Waals surface area (Å²) in [5.41, 5.74) is 2.78. The van der Waals surface area contributed by atoms with Gasteiger partial charge in [-0.15, -0.1) is 10.2 Å². The van der Waals surface area contributed by atoms with Crippen molar-refractivity contribution >= 4 is 62.1 Å². The van der Waals surface area contributed by atoms with E-state index in [1.54, 1.807) is 41.8 Å². The Kier molecular flexibility index (Phi) is 8.23. The predicted molar refractivity (Wildman–Crippen MR) is 184 cm³/mol. The molecule has 0 saturated carbocycles. The number of carbonyl (C=O) groups excluding carboxylic acids is 2. The lowest BCUT2D eigenvalue weighted by Crippen LogP contribution is -2.29. The molecule has 7 rings (SSSR count). The van der Waals surface area contributed by atoms with Gasteiger partial charge in [0.15, 0.2) is 21.6 Å². The van der Waals surface area contributed by atoms with Gasteiger partial charge < -0.3 is 19.3 Å². The van der Waals surface area contributed by atoms with Crippen LogP contribution < -0.4 is 19.1 Å². The van der Waals surface area contributed by atoms with E-state index in [0.717, 1.165) is 16.3 Å². The molecule has 11 nitrogen and oxygen atoms in total. The summed E-state index contributed by atoms with van der Waals surface area (Å²) in [6, 6.07) is 21.9. The number of aryl methyl sites for hydroxylation is 1. The van der Waals surface area contributed by atoms with Gasteiger partial charge in [-0.3, -0.25) is 18.9 Å². The van der Waals surface area contributed by atoms with E-state index in [-0.39, 0.29) is 16.5 Å². The molecule has 6 aromatic rings. The van der Waals surface area contributed by atoms with Crippen LogP contribution in [0.5, 0.6) is 17.2 Å². The van der Waals surface area contributed by atoms with Crippen LogP contribution in [0.25, 0.3) is 22.2 Å². The number of aromatic nitrogens is 4. The number of hydrogen-bond donors (Lipinski definition) is 1. The van der Waals surface area contributed by atoms with E-state index in [1.165, 1.54) is 49.3 Å². The number of benzene rings is 3. The molecule has 1 atom stereocenters. The number of fused-ring (bicyclic) bond motifs is 2. The highest BCUT2D eigenvalue weighted by atomic mass is 32.2. The van der Waals surface area contributed by atoms with Crippen molar-refractivity contribution in [3.05, 3.63) is 107 Å². The summed E-state index contributed by atoms with van der Waals surface area (Å²) in [6.07, 6.45) is 1.74. The van der Waals surface area contributed by atoms with Gasteiger partial charge in [0.2, 0.25) is 10.9 Å². The predicted octanol–water partition coefficient (Wildman–Crippen LogP) is 6.59. The van der Waals surface area contributed by atoms with E-state index in [0.29, 0.717) is 49.9 Å². The van der Waals surface area contributed by atoms with E-state index in [4.69, 9.17) is 14.2 Å². The van der Waals surface area contributed by atoms with Crippen molar-refractivity contribution in [1.29, 1.82) is 0 Å². The van der Waals surface area contributed by atoms with Gasteiger partial charge in [-0.25, -0.2) is 4.98 Å². The SMILES string of the molecule is COc1cc(C2/C(=C(\O)c3c(C)nc4ccccn34)C(=O)C(=O)N2c2nnc(SCc3cccc4ccccc34)s2)cc(OC)c1OC. The normalized spacial score (nSPS) is 15.8. The van der Waals surface area contributed by atoms with Crippen molar-refractivity contribution in [3.8, 4) is 17.2 Å². The number of pyridine rings is 1. The van der Waals surface area contributed by atoms with E-state index in [1.807, 2.05) is 24.3 Å². The third-order valence-electron chi connectivity index (χ3n) is 8.21. The molecule has 0 aliphatic carbocycles. The lowest BCUT2D eigenvalue weighted by atomic mass is 9.95. The van der Waals surface area contributed by atoms with Gasteiger partial charge in [0, 0.05) is 11.9 Å². The molecule has 0 bridgehead atoms. The van der Waals surface area contributed by atoms with Crippen LogP contribution in [0.3, 0.4) is 0 Å². The third kappa shape index (κ3) is 5.20. The summed E-state index contributed by atoms with van der Waals surface area (Å²) >= 11 is 2.67. The largest absolute Gasteiger partial charge is 0.505 e. The molecule has 0 spiro atoms. The van der Waals surface area contributed by atoms with E-state index < -0.39 is 17.7 Å². The molecule has 1 N–H and O–H groups in total. The number of carbonyl (C=O) groups is 2. The first-order valence-electron chi connectivity index (χ1n) is 14.8. The number of amides is 1. The molecule has 242 valence electrons. The lowest BCUT2D eigenvalue weighted by Gasteiger charge is -2.24. The second-order valence-electron chi connectivity index (χ2n) is 10.9. The molecule has 4 heterocycles.